The minimum absolute atomic E-state index is 0.609. The SMILES string of the molecule is CCCCOc1ccc(/C=N\NC(=O)C(=O)Nc2cc(C)ccc2C)cc1. The van der Waals surface area contributed by atoms with Crippen LogP contribution in [0.3, 0.4) is 0 Å². The third-order valence-electron chi connectivity index (χ3n) is 3.87. The van der Waals surface area contributed by atoms with E-state index in [0.717, 1.165) is 35.3 Å². The summed E-state index contributed by atoms with van der Waals surface area (Å²) in [7, 11) is 0. The molecule has 0 heterocycles. The maximum Gasteiger partial charge on any atom is 0.329 e. The minimum Gasteiger partial charge on any atom is -0.494 e. The summed E-state index contributed by atoms with van der Waals surface area (Å²) in [5.41, 5.74) is 5.50. The van der Waals surface area contributed by atoms with Gasteiger partial charge in [0.05, 0.1) is 12.8 Å². The Bertz CT molecular complexity index is 814. The topological polar surface area (TPSA) is 79.8 Å². The summed E-state index contributed by atoms with van der Waals surface area (Å²) in [5, 5.41) is 6.41. The van der Waals surface area contributed by atoms with Gasteiger partial charge in [-0.25, -0.2) is 5.43 Å². The van der Waals surface area contributed by atoms with Crippen LogP contribution in [0.1, 0.15) is 36.5 Å². The van der Waals surface area contributed by atoms with Crippen molar-refractivity contribution in [3.63, 3.8) is 0 Å². The number of amides is 2. The van der Waals surface area contributed by atoms with Crippen LogP contribution in [-0.2, 0) is 9.59 Å². The van der Waals surface area contributed by atoms with E-state index in [9.17, 15) is 9.59 Å². The highest BCUT2D eigenvalue weighted by Gasteiger charge is 2.13. The average Bonchev–Trinajstić information content (AvgIpc) is 2.66. The molecular formula is C21H25N3O3. The van der Waals surface area contributed by atoms with E-state index >= 15 is 0 Å². The third-order valence-corrected chi connectivity index (χ3v) is 3.87. The van der Waals surface area contributed by atoms with Crippen LogP contribution in [0.4, 0.5) is 5.69 Å². The summed E-state index contributed by atoms with van der Waals surface area (Å²) in [4.78, 5) is 23.9. The molecule has 0 aliphatic heterocycles. The van der Waals surface area contributed by atoms with Gasteiger partial charge >= 0.3 is 11.8 Å². The van der Waals surface area contributed by atoms with Gasteiger partial charge in [-0.15, -0.1) is 0 Å². The zero-order valence-electron chi connectivity index (χ0n) is 15.9. The smallest absolute Gasteiger partial charge is 0.329 e. The molecule has 0 spiro atoms. The molecule has 6 heteroatoms. The molecule has 0 bridgehead atoms. The van der Waals surface area contributed by atoms with Crippen LogP contribution in [0.2, 0.25) is 0 Å². The average molecular weight is 367 g/mol. The number of rotatable bonds is 7. The molecule has 2 N–H and O–H groups in total. The van der Waals surface area contributed by atoms with Crippen molar-refractivity contribution in [3.05, 3.63) is 59.2 Å². The van der Waals surface area contributed by atoms with Crippen molar-refractivity contribution in [2.24, 2.45) is 5.10 Å². The Labute approximate surface area is 159 Å². The highest BCUT2D eigenvalue weighted by Crippen LogP contribution is 2.16. The molecule has 142 valence electrons. The van der Waals surface area contributed by atoms with E-state index in [4.69, 9.17) is 4.74 Å². The molecule has 6 nitrogen and oxygen atoms in total. The Hall–Kier alpha value is -3.15. The second-order valence-electron chi connectivity index (χ2n) is 6.24. The van der Waals surface area contributed by atoms with Crippen LogP contribution in [0.5, 0.6) is 5.75 Å². The molecule has 2 aromatic carbocycles. The largest absolute Gasteiger partial charge is 0.494 e. The number of hydrazone groups is 1. The van der Waals surface area contributed by atoms with Gasteiger partial charge in [0, 0.05) is 5.69 Å². The van der Waals surface area contributed by atoms with Crippen molar-refractivity contribution >= 4 is 23.7 Å². The van der Waals surface area contributed by atoms with Gasteiger partial charge in [0.2, 0.25) is 0 Å². The van der Waals surface area contributed by atoms with Gasteiger partial charge < -0.3 is 10.1 Å². The quantitative estimate of drug-likeness (QED) is 0.340. The molecule has 0 aromatic heterocycles. The van der Waals surface area contributed by atoms with Crippen molar-refractivity contribution in [3.8, 4) is 5.75 Å². The van der Waals surface area contributed by atoms with E-state index in [1.54, 1.807) is 0 Å². The normalized spacial score (nSPS) is 10.6. The van der Waals surface area contributed by atoms with E-state index in [0.29, 0.717) is 12.3 Å². The van der Waals surface area contributed by atoms with Gasteiger partial charge in [-0.1, -0.05) is 25.5 Å². The van der Waals surface area contributed by atoms with Crippen molar-refractivity contribution < 1.29 is 14.3 Å². The number of carbonyl (C=O) groups excluding carboxylic acids is 2. The van der Waals surface area contributed by atoms with Crippen LogP contribution in [0.25, 0.3) is 0 Å². The molecule has 0 unspecified atom stereocenters. The Morgan fingerprint density at radius 1 is 1.07 bits per heavy atom. The highest BCUT2D eigenvalue weighted by atomic mass is 16.5. The summed E-state index contributed by atoms with van der Waals surface area (Å²) < 4.78 is 5.58. The van der Waals surface area contributed by atoms with E-state index < -0.39 is 11.8 Å². The summed E-state index contributed by atoms with van der Waals surface area (Å²) in [6.07, 6.45) is 3.57. The first-order valence-corrected chi connectivity index (χ1v) is 8.94. The fourth-order valence-electron chi connectivity index (χ4n) is 2.25. The molecule has 0 saturated heterocycles. The number of nitrogens with zero attached hydrogens (tertiary/aromatic N) is 1. The van der Waals surface area contributed by atoms with E-state index in [1.807, 2.05) is 56.3 Å². The van der Waals surface area contributed by atoms with Crippen molar-refractivity contribution in [1.82, 2.24) is 5.43 Å². The predicted molar refractivity (Wildman–Crippen MR) is 107 cm³/mol. The lowest BCUT2D eigenvalue weighted by atomic mass is 10.1. The van der Waals surface area contributed by atoms with Crippen LogP contribution in [-0.4, -0.2) is 24.6 Å². The van der Waals surface area contributed by atoms with Gasteiger partial charge in [0.1, 0.15) is 5.75 Å². The van der Waals surface area contributed by atoms with Gasteiger partial charge in [-0.3, -0.25) is 9.59 Å². The number of benzene rings is 2. The number of nitrogens with one attached hydrogen (secondary N) is 2. The number of hydrogen-bond acceptors (Lipinski definition) is 4. The van der Waals surface area contributed by atoms with E-state index in [2.05, 4.69) is 22.8 Å². The molecule has 2 amide bonds. The maximum absolute atomic E-state index is 12.0. The number of aryl methyl sites for hydroxylation is 2. The standard InChI is InChI=1S/C21H25N3O3/c1-4-5-12-27-18-10-8-17(9-11-18)14-22-24-21(26)20(25)23-19-13-15(2)6-7-16(19)3/h6-11,13-14H,4-5,12H2,1-3H3,(H,23,25)(H,24,26)/b22-14-. The van der Waals surface area contributed by atoms with Gasteiger partial charge in [0.25, 0.3) is 0 Å². The minimum atomic E-state index is -0.827. The van der Waals surface area contributed by atoms with Crippen molar-refractivity contribution in [1.29, 1.82) is 0 Å². The Kier molecular flexibility index (Phi) is 7.55. The number of carbonyl (C=O) groups is 2. The summed E-state index contributed by atoms with van der Waals surface area (Å²) in [6, 6.07) is 13.0. The lowest BCUT2D eigenvalue weighted by molar-refractivity contribution is -0.136. The summed E-state index contributed by atoms with van der Waals surface area (Å²) in [6.45, 7) is 6.58. The Balaban J connectivity index is 1.85. The Morgan fingerprint density at radius 2 is 1.81 bits per heavy atom. The molecule has 0 saturated carbocycles. The molecule has 2 rings (SSSR count). The summed E-state index contributed by atoms with van der Waals surface area (Å²) in [5.74, 6) is -0.801. The monoisotopic (exact) mass is 367 g/mol. The number of unbranched alkanes of at least 4 members (excludes halogenated alkanes) is 1. The van der Waals surface area contributed by atoms with E-state index in [-0.39, 0.29) is 0 Å². The highest BCUT2D eigenvalue weighted by molar-refractivity contribution is 6.39. The second kappa shape index (κ2) is 10.1. The molecule has 0 radical (unpaired) electrons. The first-order chi connectivity index (χ1) is 13.0. The molecule has 0 aliphatic carbocycles. The zero-order valence-corrected chi connectivity index (χ0v) is 15.9. The molecule has 0 fully saturated rings. The predicted octanol–water partition coefficient (Wildman–Crippen LogP) is 3.57. The molecule has 2 aromatic rings. The lowest BCUT2D eigenvalue weighted by Crippen LogP contribution is -2.32. The molecular weight excluding hydrogens is 342 g/mol. The summed E-state index contributed by atoms with van der Waals surface area (Å²) >= 11 is 0. The molecule has 27 heavy (non-hydrogen) atoms. The lowest BCUT2D eigenvalue weighted by Gasteiger charge is -2.08. The van der Waals surface area contributed by atoms with Gasteiger partial charge in [0.15, 0.2) is 0 Å². The van der Waals surface area contributed by atoms with Gasteiger partial charge in [-0.2, -0.15) is 5.10 Å². The van der Waals surface area contributed by atoms with Crippen LogP contribution in [0, 0.1) is 13.8 Å². The number of hydrogen-bond donors (Lipinski definition) is 2. The first-order valence-electron chi connectivity index (χ1n) is 8.94. The fourth-order valence-corrected chi connectivity index (χ4v) is 2.25. The number of ether oxygens (including phenoxy) is 1. The van der Waals surface area contributed by atoms with Crippen LogP contribution >= 0.6 is 0 Å². The van der Waals surface area contributed by atoms with E-state index in [1.165, 1.54) is 6.21 Å². The van der Waals surface area contributed by atoms with Crippen molar-refractivity contribution in [2.45, 2.75) is 33.6 Å². The maximum atomic E-state index is 12.0. The fraction of sp³-hybridized carbons (Fsp3) is 0.286. The van der Waals surface area contributed by atoms with Crippen LogP contribution in [0.15, 0.2) is 47.6 Å². The molecule has 0 atom stereocenters. The van der Waals surface area contributed by atoms with Gasteiger partial charge in [-0.05, 0) is 67.3 Å². The van der Waals surface area contributed by atoms with Crippen LogP contribution < -0.4 is 15.5 Å². The second-order valence-corrected chi connectivity index (χ2v) is 6.24. The molecule has 0 aliphatic rings. The zero-order chi connectivity index (χ0) is 19.6. The first kappa shape index (κ1) is 20.2. The number of anilines is 1. The van der Waals surface area contributed by atoms with Crippen molar-refractivity contribution in [2.75, 3.05) is 11.9 Å². The third kappa shape index (κ3) is 6.58. The Morgan fingerprint density at radius 3 is 2.52 bits per heavy atom.